The molecule has 0 atom stereocenters. The normalized spacial score (nSPS) is 15.3. The molecule has 0 spiro atoms. The molecule has 0 saturated carbocycles. The molecule has 9 heteroatoms. The molecule has 3 aromatic rings. The van der Waals surface area contributed by atoms with Crippen LogP contribution in [0.5, 0.6) is 0 Å². The van der Waals surface area contributed by atoms with Gasteiger partial charge in [-0.15, -0.1) is 0 Å². The van der Waals surface area contributed by atoms with Crippen LogP contribution in [-0.2, 0) is 16.6 Å². The number of carbonyl (C=O) groups is 1. The van der Waals surface area contributed by atoms with Gasteiger partial charge >= 0.3 is 0 Å². The monoisotopic (exact) mass is 487 g/mol. The Balaban J connectivity index is 1.40. The molecular formula is C24H23ClFN3O3S. The molecule has 0 radical (unpaired) electrons. The summed E-state index contributed by atoms with van der Waals surface area (Å²) in [4.78, 5) is 14.4. The van der Waals surface area contributed by atoms with Gasteiger partial charge in [-0.2, -0.15) is 4.31 Å². The summed E-state index contributed by atoms with van der Waals surface area (Å²) in [5.74, 6) is -1.34. The maximum atomic E-state index is 14.7. The summed E-state index contributed by atoms with van der Waals surface area (Å²) in [5.41, 5.74) is 1.39. The van der Waals surface area contributed by atoms with Crippen molar-refractivity contribution in [3.8, 4) is 0 Å². The fourth-order valence-corrected chi connectivity index (χ4v) is 5.23. The van der Waals surface area contributed by atoms with Crippen LogP contribution in [0.2, 0.25) is 5.02 Å². The van der Waals surface area contributed by atoms with Gasteiger partial charge in [0.2, 0.25) is 10.0 Å². The maximum Gasteiger partial charge on any atom is 0.255 e. The Bertz CT molecular complexity index is 1230. The number of piperazine rings is 1. The average Bonchev–Trinajstić information content (AvgIpc) is 2.82. The lowest BCUT2D eigenvalue weighted by Gasteiger charge is -2.34. The molecule has 1 amide bonds. The van der Waals surface area contributed by atoms with Crippen molar-refractivity contribution in [3.63, 3.8) is 0 Å². The van der Waals surface area contributed by atoms with Crippen molar-refractivity contribution in [1.82, 2.24) is 9.21 Å². The minimum Gasteiger partial charge on any atom is -0.319 e. The van der Waals surface area contributed by atoms with Gasteiger partial charge in [0, 0.05) is 43.3 Å². The van der Waals surface area contributed by atoms with Crippen molar-refractivity contribution in [2.24, 2.45) is 0 Å². The number of benzene rings is 3. The second-order valence-corrected chi connectivity index (χ2v) is 10.1. The Kier molecular flexibility index (Phi) is 7.09. The maximum absolute atomic E-state index is 14.7. The van der Waals surface area contributed by atoms with E-state index < -0.39 is 21.7 Å². The molecule has 1 heterocycles. The highest BCUT2D eigenvalue weighted by Crippen LogP contribution is 2.24. The summed E-state index contributed by atoms with van der Waals surface area (Å²) >= 11 is 5.82. The van der Waals surface area contributed by atoms with E-state index in [-0.39, 0.29) is 10.6 Å². The van der Waals surface area contributed by atoms with Gasteiger partial charge in [0.15, 0.2) is 0 Å². The second kappa shape index (κ2) is 10.0. The molecule has 6 nitrogen and oxygen atoms in total. The Labute approximate surface area is 197 Å². The summed E-state index contributed by atoms with van der Waals surface area (Å²) in [7, 11) is -3.84. The number of anilines is 1. The van der Waals surface area contributed by atoms with Crippen molar-refractivity contribution < 1.29 is 17.6 Å². The van der Waals surface area contributed by atoms with Crippen LogP contribution in [0.3, 0.4) is 0 Å². The quantitative estimate of drug-likeness (QED) is 0.564. The first-order valence-corrected chi connectivity index (χ1v) is 12.3. The number of sulfonamides is 1. The third kappa shape index (κ3) is 5.59. The summed E-state index contributed by atoms with van der Waals surface area (Å²) in [6.45, 7) is 2.58. The minimum absolute atomic E-state index is 0.0958. The van der Waals surface area contributed by atoms with Crippen molar-refractivity contribution in [3.05, 3.63) is 94.8 Å². The number of rotatable bonds is 6. The van der Waals surface area contributed by atoms with E-state index in [0.717, 1.165) is 12.6 Å². The molecule has 1 aliphatic rings. The number of carbonyl (C=O) groups excluding carboxylic acids is 1. The largest absolute Gasteiger partial charge is 0.319 e. The molecule has 0 bridgehead atoms. The molecule has 4 rings (SSSR count). The van der Waals surface area contributed by atoms with Crippen molar-refractivity contribution >= 4 is 33.2 Å². The number of nitrogens with one attached hydrogen (secondary N) is 1. The van der Waals surface area contributed by atoms with Crippen LogP contribution in [-0.4, -0.2) is 49.7 Å². The first-order valence-electron chi connectivity index (χ1n) is 10.5. The molecule has 172 valence electrons. The summed E-state index contributed by atoms with van der Waals surface area (Å²) in [5, 5.41) is 2.94. The number of nitrogens with zero attached hydrogens (tertiary/aromatic N) is 2. The second-order valence-electron chi connectivity index (χ2n) is 7.77. The van der Waals surface area contributed by atoms with E-state index in [1.54, 1.807) is 12.1 Å². The van der Waals surface area contributed by atoms with E-state index in [1.807, 2.05) is 30.3 Å². The standard InChI is InChI=1S/C24H23ClFN3O3S/c25-20-8-6-19(7-9-20)24(30)27-23-11-10-21(16-22(23)26)33(31,32)29-14-12-28(13-15-29)17-18-4-2-1-3-5-18/h1-11,16H,12-15,17H2,(H,27,30). The van der Waals surface area contributed by atoms with E-state index in [9.17, 15) is 17.6 Å². The molecule has 0 unspecified atom stereocenters. The number of amides is 1. The first-order chi connectivity index (χ1) is 15.8. The summed E-state index contributed by atoms with van der Waals surface area (Å²) in [6.07, 6.45) is 0. The first kappa shape index (κ1) is 23.4. The zero-order valence-corrected chi connectivity index (χ0v) is 19.3. The highest BCUT2D eigenvalue weighted by molar-refractivity contribution is 7.89. The zero-order chi connectivity index (χ0) is 23.4. The van der Waals surface area contributed by atoms with E-state index in [0.29, 0.717) is 36.8 Å². The van der Waals surface area contributed by atoms with Gasteiger partial charge in [0.1, 0.15) is 5.82 Å². The number of halogens is 2. The van der Waals surface area contributed by atoms with Crippen LogP contribution in [0, 0.1) is 5.82 Å². The zero-order valence-electron chi connectivity index (χ0n) is 17.7. The van der Waals surface area contributed by atoms with Gasteiger partial charge in [-0.1, -0.05) is 41.9 Å². The lowest BCUT2D eigenvalue weighted by Crippen LogP contribution is -2.48. The van der Waals surface area contributed by atoms with E-state index in [2.05, 4.69) is 10.2 Å². The third-order valence-electron chi connectivity index (χ3n) is 5.51. The predicted molar refractivity (Wildman–Crippen MR) is 126 cm³/mol. The topological polar surface area (TPSA) is 69.7 Å². The number of hydrogen-bond acceptors (Lipinski definition) is 4. The van der Waals surface area contributed by atoms with Gasteiger partial charge in [-0.05, 0) is 48.0 Å². The van der Waals surface area contributed by atoms with Crippen LogP contribution in [0.25, 0.3) is 0 Å². The molecule has 33 heavy (non-hydrogen) atoms. The predicted octanol–water partition coefficient (Wildman–Crippen LogP) is 4.24. The SMILES string of the molecule is O=C(Nc1ccc(S(=O)(=O)N2CCN(Cc3ccccc3)CC2)cc1F)c1ccc(Cl)cc1. The van der Waals surface area contributed by atoms with Crippen LogP contribution in [0.1, 0.15) is 15.9 Å². The molecular weight excluding hydrogens is 465 g/mol. The van der Waals surface area contributed by atoms with Crippen LogP contribution in [0.4, 0.5) is 10.1 Å². The highest BCUT2D eigenvalue weighted by atomic mass is 35.5. The molecule has 1 N–H and O–H groups in total. The summed E-state index contributed by atoms with van der Waals surface area (Å²) in [6, 6.07) is 19.7. The third-order valence-corrected chi connectivity index (χ3v) is 7.66. The van der Waals surface area contributed by atoms with Crippen LogP contribution >= 0.6 is 11.6 Å². The highest BCUT2D eigenvalue weighted by Gasteiger charge is 2.29. The van der Waals surface area contributed by atoms with Gasteiger partial charge < -0.3 is 5.32 Å². The van der Waals surface area contributed by atoms with E-state index in [1.165, 1.54) is 34.1 Å². The molecule has 1 fully saturated rings. The van der Waals surface area contributed by atoms with Gasteiger partial charge in [0.25, 0.3) is 5.91 Å². The van der Waals surface area contributed by atoms with Crippen LogP contribution < -0.4 is 5.32 Å². The van der Waals surface area contributed by atoms with Crippen molar-refractivity contribution in [1.29, 1.82) is 0 Å². The Morgan fingerprint density at radius 2 is 1.61 bits per heavy atom. The molecule has 1 saturated heterocycles. The smallest absolute Gasteiger partial charge is 0.255 e. The minimum atomic E-state index is -3.84. The van der Waals surface area contributed by atoms with Gasteiger partial charge in [-0.3, -0.25) is 9.69 Å². The molecule has 1 aliphatic heterocycles. The van der Waals surface area contributed by atoms with Gasteiger partial charge in [0.05, 0.1) is 10.6 Å². The lowest BCUT2D eigenvalue weighted by molar-refractivity contribution is 0.102. The van der Waals surface area contributed by atoms with Crippen molar-refractivity contribution in [2.45, 2.75) is 11.4 Å². The van der Waals surface area contributed by atoms with E-state index in [4.69, 9.17) is 11.6 Å². The molecule has 0 aliphatic carbocycles. The molecule has 3 aromatic carbocycles. The fourth-order valence-electron chi connectivity index (χ4n) is 3.67. The van der Waals surface area contributed by atoms with Crippen molar-refractivity contribution in [2.75, 3.05) is 31.5 Å². The number of hydrogen-bond donors (Lipinski definition) is 1. The lowest BCUT2D eigenvalue weighted by atomic mass is 10.2. The molecule has 0 aromatic heterocycles. The average molecular weight is 488 g/mol. The van der Waals surface area contributed by atoms with E-state index >= 15 is 0 Å². The Morgan fingerprint density at radius 3 is 2.24 bits per heavy atom. The Morgan fingerprint density at radius 1 is 0.939 bits per heavy atom. The fraction of sp³-hybridized carbons (Fsp3) is 0.208. The van der Waals surface area contributed by atoms with Crippen LogP contribution in [0.15, 0.2) is 77.7 Å². The summed E-state index contributed by atoms with van der Waals surface area (Å²) < 4.78 is 42.1. The van der Waals surface area contributed by atoms with Gasteiger partial charge in [-0.25, -0.2) is 12.8 Å². The Hall–Kier alpha value is -2.78.